The van der Waals surface area contributed by atoms with Gasteiger partial charge in [0.2, 0.25) is 0 Å². The van der Waals surface area contributed by atoms with Crippen LogP contribution in [-0.4, -0.2) is 49.1 Å². The normalized spacial score (nSPS) is 16.7. The number of aryl methyl sites for hydroxylation is 1. The van der Waals surface area contributed by atoms with Crippen LogP contribution in [0.2, 0.25) is 0 Å². The summed E-state index contributed by atoms with van der Waals surface area (Å²) in [5, 5.41) is 10.0. The first kappa shape index (κ1) is 21.6. The molecule has 5 nitrogen and oxygen atoms in total. The molecule has 0 bridgehead atoms. The SMILES string of the molecule is CCc1nc(CNC(=NC)NCCCN2CCC(C)CC2)cs1.I. The molecule has 0 radical (unpaired) electrons. The van der Waals surface area contributed by atoms with Crippen LogP contribution >= 0.6 is 35.3 Å². The predicted octanol–water partition coefficient (Wildman–Crippen LogP) is 3.11. The van der Waals surface area contributed by atoms with E-state index in [-0.39, 0.29) is 24.0 Å². The molecule has 0 atom stereocenters. The second-order valence-corrected chi connectivity index (χ2v) is 7.26. The lowest BCUT2D eigenvalue weighted by Gasteiger charge is -2.30. The van der Waals surface area contributed by atoms with Crippen LogP contribution in [0.3, 0.4) is 0 Å². The number of aromatic nitrogens is 1. The molecule has 1 aliphatic heterocycles. The van der Waals surface area contributed by atoms with Crippen molar-refractivity contribution in [2.75, 3.05) is 33.2 Å². The minimum absolute atomic E-state index is 0. The highest BCUT2D eigenvalue weighted by molar-refractivity contribution is 14.0. The predicted molar refractivity (Wildman–Crippen MR) is 115 cm³/mol. The van der Waals surface area contributed by atoms with E-state index < -0.39 is 0 Å². The third kappa shape index (κ3) is 7.65. The van der Waals surface area contributed by atoms with Crippen LogP contribution in [0.4, 0.5) is 0 Å². The minimum Gasteiger partial charge on any atom is -0.356 e. The summed E-state index contributed by atoms with van der Waals surface area (Å²) in [5.41, 5.74) is 1.09. The molecule has 2 heterocycles. The zero-order valence-corrected chi connectivity index (χ0v) is 18.3. The van der Waals surface area contributed by atoms with Gasteiger partial charge in [0.25, 0.3) is 0 Å². The van der Waals surface area contributed by atoms with Crippen LogP contribution in [0.5, 0.6) is 0 Å². The highest BCUT2D eigenvalue weighted by Crippen LogP contribution is 2.15. The maximum Gasteiger partial charge on any atom is 0.191 e. The highest BCUT2D eigenvalue weighted by Gasteiger charge is 2.14. The maximum atomic E-state index is 4.57. The molecule has 1 aliphatic rings. The lowest BCUT2D eigenvalue weighted by molar-refractivity contribution is 0.191. The molecule has 7 heteroatoms. The number of nitrogens with one attached hydrogen (secondary N) is 2. The van der Waals surface area contributed by atoms with Crippen molar-refractivity contribution < 1.29 is 0 Å². The minimum atomic E-state index is 0. The zero-order valence-electron chi connectivity index (χ0n) is 15.2. The number of guanidine groups is 1. The Balaban J connectivity index is 0.00000288. The van der Waals surface area contributed by atoms with Gasteiger partial charge in [-0.2, -0.15) is 0 Å². The van der Waals surface area contributed by atoms with Gasteiger partial charge in [0, 0.05) is 19.0 Å². The molecule has 0 aliphatic carbocycles. The number of piperidine rings is 1. The molecule has 1 saturated heterocycles. The lowest BCUT2D eigenvalue weighted by atomic mass is 9.99. The van der Waals surface area contributed by atoms with Crippen molar-refractivity contribution in [3.05, 3.63) is 16.1 Å². The monoisotopic (exact) mass is 465 g/mol. The summed E-state index contributed by atoms with van der Waals surface area (Å²) >= 11 is 1.73. The average Bonchev–Trinajstić information content (AvgIpc) is 3.04. The Morgan fingerprint density at radius 3 is 2.75 bits per heavy atom. The second-order valence-electron chi connectivity index (χ2n) is 6.32. The lowest BCUT2D eigenvalue weighted by Crippen LogP contribution is -2.39. The van der Waals surface area contributed by atoms with Crippen molar-refractivity contribution >= 4 is 41.3 Å². The van der Waals surface area contributed by atoms with E-state index in [1.807, 2.05) is 7.05 Å². The van der Waals surface area contributed by atoms with E-state index in [1.165, 1.54) is 37.5 Å². The van der Waals surface area contributed by atoms with Crippen molar-refractivity contribution in [3.63, 3.8) is 0 Å². The second kappa shape index (κ2) is 12.0. The molecule has 0 spiro atoms. The first-order chi connectivity index (χ1) is 11.2. The van der Waals surface area contributed by atoms with E-state index in [0.29, 0.717) is 0 Å². The van der Waals surface area contributed by atoms with Gasteiger partial charge in [-0.3, -0.25) is 4.99 Å². The fourth-order valence-corrected chi connectivity index (χ4v) is 3.53. The molecule has 24 heavy (non-hydrogen) atoms. The number of aliphatic imine (C=N–C) groups is 1. The van der Waals surface area contributed by atoms with E-state index >= 15 is 0 Å². The third-order valence-electron chi connectivity index (χ3n) is 4.38. The van der Waals surface area contributed by atoms with Crippen LogP contribution in [-0.2, 0) is 13.0 Å². The Kier molecular flexibility index (Phi) is 10.8. The molecular formula is C17H32IN5S. The van der Waals surface area contributed by atoms with Crippen LogP contribution in [0.15, 0.2) is 10.4 Å². The number of halogens is 1. The van der Waals surface area contributed by atoms with Crippen LogP contribution < -0.4 is 10.6 Å². The Morgan fingerprint density at radius 2 is 2.12 bits per heavy atom. The number of rotatable bonds is 7. The fourth-order valence-electron chi connectivity index (χ4n) is 2.78. The highest BCUT2D eigenvalue weighted by atomic mass is 127. The van der Waals surface area contributed by atoms with Crippen LogP contribution in [0.1, 0.15) is 43.8 Å². The molecule has 2 rings (SSSR count). The van der Waals surface area contributed by atoms with Crippen molar-refractivity contribution in [2.24, 2.45) is 10.9 Å². The summed E-state index contributed by atoms with van der Waals surface area (Å²) in [4.78, 5) is 11.4. The smallest absolute Gasteiger partial charge is 0.191 e. The molecule has 1 fully saturated rings. The summed E-state index contributed by atoms with van der Waals surface area (Å²) in [6.45, 7) is 9.90. The van der Waals surface area contributed by atoms with Crippen molar-refractivity contribution in [3.8, 4) is 0 Å². The topological polar surface area (TPSA) is 52.6 Å². The van der Waals surface area contributed by atoms with Gasteiger partial charge < -0.3 is 15.5 Å². The van der Waals surface area contributed by atoms with Gasteiger partial charge in [0.05, 0.1) is 17.2 Å². The van der Waals surface area contributed by atoms with E-state index in [1.54, 1.807) is 11.3 Å². The first-order valence-corrected chi connectivity index (χ1v) is 9.69. The van der Waals surface area contributed by atoms with Crippen molar-refractivity contribution in [1.29, 1.82) is 0 Å². The van der Waals surface area contributed by atoms with E-state index in [0.717, 1.165) is 43.5 Å². The number of nitrogens with zero attached hydrogens (tertiary/aromatic N) is 3. The van der Waals surface area contributed by atoms with Crippen LogP contribution in [0.25, 0.3) is 0 Å². The molecular weight excluding hydrogens is 433 g/mol. The van der Waals surface area contributed by atoms with E-state index in [9.17, 15) is 0 Å². The van der Waals surface area contributed by atoms with Gasteiger partial charge in [-0.1, -0.05) is 13.8 Å². The summed E-state index contributed by atoms with van der Waals surface area (Å²) in [6, 6.07) is 0. The third-order valence-corrected chi connectivity index (χ3v) is 5.42. The van der Waals surface area contributed by atoms with E-state index in [4.69, 9.17) is 0 Å². The molecule has 1 aromatic heterocycles. The molecule has 2 N–H and O–H groups in total. The molecule has 0 saturated carbocycles. The molecule has 1 aromatic rings. The summed E-state index contributed by atoms with van der Waals surface area (Å²) < 4.78 is 0. The largest absolute Gasteiger partial charge is 0.356 e. The summed E-state index contributed by atoms with van der Waals surface area (Å²) in [5.74, 6) is 1.77. The van der Waals surface area contributed by atoms with Gasteiger partial charge in [-0.05, 0) is 51.2 Å². The van der Waals surface area contributed by atoms with Gasteiger partial charge in [0.15, 0.2) is 5.96 Å². The Morgan fingerprint density at radius 1 is 1.38 bits per heavy atom. The number of hydrogen-bond donors (Lipinski definition) is 2. The van der Waals surface area contributed by atoms with Gasteiger partial charge >= 0.3 is 0 Å². The summed E-state index contributed by atoms with van der Waals surface area (Å²) in [6.07, 6.45) is 4.87. The Hall–Kier alpha value is -0.410. The Bertz CT molecular complexity index is 483. The number of thiazole rings is 1. The van der Waals surface area contributed by atoms with Crippen LogP contribution in [0, 0.1) is 5.92 Å². The van der Waals surface area contributed by atoms with Crippen molar-refractivity contribution in [1.82, 2.24) is 20.5 Å². The Labute approximate surface area is 167 Å². The summed E-state index contributed by atoms with van der Waals surface area (Å²) in [7, 11) is 1.82. The van der Waals surface area contributed by atoms with Gasteiger partial charge in [-0.15, -0.1) is 35.3 Å². The molecule has 0 amide bonds. The van der Waals surface area contributed by atoms with E-state index in [2.05, 4.69) is 44.7 Å². The quantitative estimate of drug-likeness (QED) is 0.281. The standard InChI is InChI=1S/C17H31N5S.HI/c1-4-16-21-15(13-23-16)12-20-17(18-3)19-8-5-9-22-10-6-14(2)7-11-22;/h13-14H,4-12H2,1-3H3,(H2,18,19,20);1H. The molecule has 138 valence electrons. The van der Waals surface area contributed by atoms with Gasteiger partial charge in [0.1, 0.15) is 0 Å². The molecule has 0 unspecified atom stereocenters. The molecule has 0 aromatic carbocycles. The first-order valence-electron chi connectivity index (χ1n) is 8.81. The average molecular weight is 465 g/mol. The van der Waals surface area contributed by atoms with Crippen molar-refractivity contribution in [2.45, 2.75) is 46.1 Å². The maximum absolute atomic E-state index is 4.57. The number of likely N-dealkylation sites (tertiary alicyclic amines) is 1. The number of hydrogen-bond acceptors (Lipinski definition) is 4. The van der Waals surface area contributed by atoms with Gasteiger partial charge in [-0.25, -0.2) is 4.98 Å². The fraction of sp³-hybridized carbons (Fsp3) is 0.765. The zero-order chi connectivity index (χ0) is 16.5.